The van der Waals surface area contributed by atoms with Gasteiger partial charge < -0.3 is 20.3 Å². The maximum atomic E-state index is 14.0. The number of anilines is 1. The number of nitrogens with one attached hydrogen (secondary N) is 2. The van der Waals surface area contributed by atoms with Crippen LogP contribution < -0.4 is 10.6 Å². The molecule has 6 rings (SSSR count). The van der Waals surface area contributed by atoms with Gasteiger partial charge in [-0.05, 0) is 49.1 Å². The second-order valence-electron chi connectivity index (χ2n) is 10.8. The van der Waals surface area contributed by atoms with Crippen molar-refractivity contribution >= 4 is 35.0 Å². The van der Waals surface area contributed by atoms with Crippen molar-refractivity contribution < 1.29 is 19.1 Å². The van der Waals surface area contributed by atoms with E-state index in [2.05, 4.69) is 10.6 Å². The predicted octanol–water partition coefficient (Wildman–Crippen LogP) is 4.12. The van der Waals surface area contributed by atoms with Gasteiger partial charge in [-0.3, -0.25) is 14.4 Å². The average Bonchev–Trinajstić information content (AvgIpc) is 3.57. The summed E-state index contributed by atoms with van der Waals surface area (Å²) >= 11 is 5.99. The van der Waals surface area contributed by atoms with E-state index in [-0.39, 0.29) is 23.8 Å². The van der Waals surface area contributed by atoms with Crippen LogP contribution in [0.25, 0.3) is 0 Å². The van der Waals surface area contributed by atoms with Crippen molar-refractivity contribution in [3.8, 4) is 0 Å². The van der Waals surface area contributed by atoms with Crippen molar-refractivity contribution in [2.24, 2.45) is 11.8 Å². The first-order valence-electron chi connectivity index (χ1n) is 13.5. The number of amides is 3. The molecule has 2 saturated heterocycles. The van der Waals surface area contributed by atoms with Gasteiger partial charge in [0.1, 0.15) is 11.6 Å². The first-order valence-corrected chi connectivity index (χ1v) is 13.9. The Balaban J connectivity index is 1.29. The standard InChI is InChI=1S/C30H32ClN3O4/c31-20-11-13-22(14-12-20)32-27(35)24-23-15-17-30(38-23)25(24)29(37)34(18-16-19-7-3-1-4-8-19)26(30)28(36)33-21-9-5-2-6-10-21/h1,3-4,7-8,11-15,17,21,23-26H,2,5-6,9-10,16,18H2,(H,32,35)(H,33,36)/t23-,24-,25-,26+,30-/m0/s1. The van der Waals surface area contributed by atoms with E-state index in [1.165, 1.54) is 6.42 Å². The van der Waals surface area contributed by atoms with Crippen LogP contribution in [0.5, 0.6) is 0 Å². The minimum Gasteiger partial charge on any atom is -0.359 e. The molecule has 3 amide bonds. The zero-order chi connectivity index (χ0) is 26.3. The Morgan fingerprint density at radius 2 is 1.74 bits per heavy atom. The molecule has 5 atom stereocenters. The topological polar surface area (TPSA) is 87.7 Å². The molecule has 0 aromatic heterocycles. The number of ether oxygens (including phenoxy) is 1. The van der Waals surface area contributed by atoms with E-state index in [0.717, 1.165) is 31.2 Å². The maximum absolute atomic E-state index is 14.0. The van der Waals surface area contributed by atoms with Crippen LogP contribution in [0.4, 0.5) is 5.69 Å². The van der Waals surface area contributed by atoms with Gasteiger partial charge in [-0.15, -0.1) is 0 Å². The molecule has 198 valence electrons. The van der Waals surface area contributed by atoms with Gasteiger partial charge in [0.05, 0.1) is 17.9 Å². The number of carbonyl (C=O) groups is 3. The predicted molar refractivity (Wildman–Crippen MR) is 144 cm³/mol. The van der Waals surface area contributed by atoms with E-state index in [9.17, 15) is 14.4 Å². The van der Waals surface area contributed by atoms with Crippen LogP contribution in [0, 0.1) is 11.8 Å². The molecular formula is C30H32ClN3O4. The summed E-state index contributed by atoms with van der Waals surface area (Å²) in [7, 11) is 0. The molecule has 0 unspecified atom stereocenters. The lowest BCUT2D eigenvalue weighted by molar-refractivity contribution is -0.141. The molecule has 1 saturated carbocycles. The fraction of sp³-hybridized carbons (Fsp3) is 0.433. The zero-order valence-corrected chi connectivity index (χ0v) is 21.9. The van der Waals surface area contributed by atoms with Gasteiger partial charge in [0.25, 0.3) is 0 Å². The fourth-order valence-corrected chi connectivity index (χ4v) is 6.81. The van der Waals surface area contributed by atoms with Crippen LogP contribution in [0.2, 0.25) is 5.02 Å². The second kappa shape index (κ2) is 10.2. The summed E-state index contributed by atoms with van der Waals surface area (Å²) in [5, 5.41) is 6.72. The van der Waals surface area contributed by atoms with Crippen molar-refractivity contribution in [1.82, 2.24) is 10.2 Å². The van der Waals surface area contributed by atoms with Crippen LogP contribution in [-0.4, -0.2) is 53.0 Å². The van der Waals surface area contributed by atoms with Crippen molar-refractivity contribution in [3.05, 3.63) is 77.3 Å². The highest BCUT2D eigenvalue weighted by Crippen LogP contribution is 2.55. The molecule has 2 aromatic carbocycles. The molecular weight excluding hydrogens is 502 g/mol. The van der Waals surface area contributed by atoms with Gasteiger partial charge in [0.15, 0.2) is 0 Å². The van der Waals surface area contributed by atoms with Gasteiger partial charge in [-0.2, -0.15) is 0 Å². The van der Waals surface area contributed by atoms with Crippen LogP contribution in [0.15, 0.2) is 66.7 Å². The lowest BCUT2D eigenvalue weighted by Crippen LogP contribution is -2.56. The average molecular weight is 534 g/mol. The molecule has 2 aromatic rings. The molecule has 3 aliphatic heterocycles. The highest BCUT2D eigenvalue weighted by molar-refractivity contribution is 6.30. The lowest BCUT2D eigenvalue weighted by Gasteiger charge is -2.34. The molecule has 3 fully saturated rings. The first-order chi connectivity index (χ1) is 18.5. The minimum atomic E-state index is -1.15. The van der Waals surface area contributed by atoms with Gasteiger partial charge in [-0.25, -0.2) is 0 Å². The van der Waals surface area contributed by atoms with Crippen LogP contribution in [-0.2, 0) is 25.5 Å². The second-order valence-corrected chi connectivity index (χ2v) is 11.2. The van der Waals surface area contributed by atoms with Crippen molar-refractivity contribution in [3.63, 3.8) is 0 Å². The molecule has 7 nitrogen and oxygen atoms in total. The number of rotatable bonds is 7. The van der Waals surface area contributed by atoms with Crippen molar-refractivity contribution in [1.29, 1.82) is 0 Å². The van der Waals surface area contributed by atoms with E-state index in [1.54, 1.807) is 29.2 Å². The van der Waals surface area contributed by atoms with E-state index >= 15 is 0 Å². The summed E-state index contributed by atoms with van der Waals surface area (Å²) < 4.78 is 6.43. The molecule has 38 heavy (non-hydrogen) atoms. The Morgan fingerprint density at radius 3 is 2.47 bits per heavy atom. The SMILES string of the molecule is O=C(Nc1ccc(Cl)cc1)[C@H]1[C@@H]2C=C[C@]3(O2)[C@@H]1C(=O)N(CCc1ccccc1)[C@@H]3C(=O)NC1CCCCC1. The van der Waals surface area contributed by atoms with Gasteiger partial charge in [0.2, 0.25) is 17.7 Å². The Hall–Kier alpha value is -3.16. The summed E-state index contributed by atoms with van der Waals surface area (Å²) in [4.78, 5) is 43.1. The van der Waals surface area contributed by atoms with Crippen molar-refractivity contribution in [2.45, 2.75) is 62.3 Å². The molecule has 2 bridgehead atoms. The van der Waals surface area contributed by atoms with E-state index in [0.29, 0.717) is 23.7 Å². The van der Waals surface area contributed by atoms with Gasteiger partial charge in [0, 0.05) is 23.3 Å². The van der Waals surface area contributed by atoms with Crippen LogP contribution in [0.3, 0.4) is 0 Å². The third kappa shape index (κ3) is 4.41. The van der Waals surface area contributed by atoms with E-state index < -0.39 is 29.6 Å². The highest BCUT2D eigenvalue weighted by Gasteiger charge is 2.72. The summed E-state index contributed by atoms with van der Waals surface area (Å²) in [5.41, 5.74) is 0.524. The molecule has 1 aliphatic carbocycles. The van der Waals surface area contributed by atoms with E-state index in [1.807, 2.05) is 42.5 Å². The summed E-state index contributed by atoms with van der Waals surface area (Å²) in [6, 6.07) is 16.0. The Bertz CT molecular complexity index is 1240. The molecule has 4 aliphatic rings. The van der Waals surface area contributed by atoms with Gasteiger partial charge >= 0.3 is 0 Å². The summed E-state index contributed by atoms with van der Waals surface area (Å²) in [5.74, 6) is -2.17. The van der Waals surface area contributed by atoms with Gasteiger partial charge in [-0.1, -0.05) is 73.3 Å². The lowest BCUT2D eigenvalue weighted by atomic mass is 9.74. The largest absolute Gasteiger partial charge is 0.359 e. The number of hydrogen-bond acceptors (Lipinski definition) is 4. The van der Waals surface area contributed by atoms with Crippen molar-refractivity contribution in [2.75, 3.05) is 11.9 Å². The number of carbonyl (C=O) groups excluding carboxylic acids is 3. The molecule has 2 N–H and O–H groups in total. The number of fused-ring (bicyclic) bond motifs is 1. The number of halogens is 1. The molecule has 0 radical (unpaired) electrons. The molecule has 8 heteroatoms. The third-order valence-electron chi connectivity index (χ3n) is 8.47. The normalized spacial score (nSPS) is 29.9. The quantitative estimate of drug-likeness (QED) is 0.524. The number of benzene rings is 2. The monoisotopic (exact) mass is 533 g/mol. The number of likely N-dealkylation sites (tertiary alicyclic amines) is 1. The zero-order valence-electron chi connectivity index (χ0n) is 21.1. The maximum Gasteiger partial charge on any atom is 0.246 e. The Morgan fingerprint density at radius 1 is 1.00 bits per heavy atom. The molecule has 1 spiro atoms. The third-order valence-corrected chi connectivity index (χ3v) is 8.72. The number of nitrogens with zero attached hydrogens (tertiary/aromatic N) is 1. The first kappa shape index (κ1) is 25.1. The smallest absolute Gasteiger partial charge is 0.246 e. The molecule has 3 heterocycles. The Kier molecular flexibility index (Phi) is 6.74. The minimum absolute atomic E-state index is 0.101. The van der Waals surface area contributed by atoms with E-state index in [4.69, 9.17) is 16.3 Å². The fourth-order valence-electron chi connectivity index (χ4n) is 6.69. The number of hydrogen-bond donors (Lipinski definition) is 2. The highest BCUT2D eigenvalue weighted by atomic mass is 35.5. The summed E-state index contributed by atoms with van der Waals surface area (Å²) in [6.07, 6.45) is 9.00. The van der Waals surface area contributed by atoms with Crippen LogP contribution >= 0.6 is 11.6 Å². The summed E-state index contributed by atoms with van der Waals surface area (Å²) in [6.45, 7) is 0.372. The van der Waals surface area contributed by atoms with Crippen LogP contribution in [0.1, 0.15) is 37.7 Å². The Labute approximate surface area is 227 Å².